The molecule has 0 saturated carbocycles. The third-order valence-corrected chi connectivity index (χ3v) is 3.08. The van der Waals surface area contributed by atoms with Gasteiger partial charge in [-0.3, -0.25) is 4.98 Å². The van der Waals surface area contributed by atoms with Crippen LogP contribution in [0, 0.1) is 0 Å². The Labute approximate surface area is 103 Å². The molecule has 0 radical (unpaired) electrons. The standard InChI is InChI=1S/C11H13N3O2S/c1-7(2)17-6-10-13-11(16-14-10)8-3-9(15)5-12-4-8/h3-5,7,15H,6H2,1-2H3. The fourth-order valence-corrected chi connectivity index (χ4v) is 1.82. The number of rotatable bonds is 4. The summed E-state index contributed by atoms with van der Waals surface area (Å²) in [4.78, 5) is 8.10. The lowest BCUT2D eigenvalue weighted by molar-refractivity contribution is 0.424. The van der Waals surface area contributed by atoms with Crippen molar-refractivity contribution in [1.29, 1.82) is 0 Å². The Kier molecular flexibility index (Phi) is 3.63. The van der Waals surface area contributed by atoms with Crippen LogP contribution in [0.4, 0.5) is 0 Å². The minimum atomic E-state index is 0.0822. The van der Waals surface area contributed by atoms with Crippen molar-refractivity contribution in [3.63, 3.8) is 0 Å². The van der Waals surface area contributed by atoms with Gasteiger partial charge in [0, 0.05) is 6.20 Å². The first kappa shape index (κ1) is 11.9. The maximum Gasteiger partial charge on any atom is 0.259 e. The molecule has 2 rings (SSSR count). The van der Waals surface area contributed by atoms with Crippen LogP contribution in [-0.2, 0) is 5.75 Å². The Morgan fingerprint density at radius 3 is 2.94 bits per heavy atom. The lowest BCUT2D eigenvalue weighted by atomic mass is 10.3. The van der Waals surface area contributed by atoms with E-state index in [0.717, 1.165) is 0 Å². The van der Waals surface area contributed by atoms with Crippen LogP contribution in [0.2, 0.25) is 0 Å². The second-order valence-electron chi connectivity index (χ2n) is 3.81. The lowest BCUT2D eigenvalue weighted by Crippen LogP contribution is -1.90. The van der Waals surface area contributed by atoms with Crippen molar-refractivity contribution in [1.82, 2.24) is 15.1 Å². The number of aromatic hydroxyl groups is 1. The maximum absolute atomic E-state index is 9.30. The van der Waals surface area contributed by atoms with E-state index in [4.69, 9.17) is 4.52 Å². The molecule has 6 heteroatoms. The zero-order chi connectivity index (χ0) is 12.3. The number of aromatic nitrogens is 3. The molecule has 0 aliphatic rings. The molecule has 0 aromatic carbocycles. The summed E-state index contributed by atoms with van der Waals surface area (Å²) >= 11 is 1.75. The Bertz CT molecular complexity index is 499. The van der Waals surface area contributed by atoms with Gasteiger partial charge in [0.15, 0.2) is 5.82 Å². The summed E-state index contributed by atoms with van der Waals surface area (Å²) in [6.07, 6.45) is 2.93. The highest BCUT2D eigenvalue weighted by molar-refractivity contribution is 7.99. The van der Waals surface area contributed by atoms with Crippen LogP contribution in [-0.4, -0.2) is 25.5 Å². The molecule has 90 valence electrons. The second kappa shape index (κ2) is 5.18. The van der Waals surface area contributed by atoms with Gasteiger partial charge in [-0.1, -0.05) is 19.0 Å². The summed E-state index contributed by atoms with van der Waals surface area (Å²) in [6.45, 7) is 4.23. The molecule has 0 aliphatic carbocycles. The summed E-state index contributed by atoms with van der Waals surface area (Å²) in [5.74, 6) is 1.83. The Hall–Kier alpha value is -1.56. The number of thioether (sulfide) groups is 1. The molecule has 0 spiro atoms. The van der Waals surface area contributed by atoms with Crippen molar-refractivity contribution in [2.75, 3.05) is 0 Å². The fraction of sp³-hybridized carbons (Fsp3) is 0.364. The van der Waals surface area contributed by atoms with Gasteiger partial charge in [-0.2, -0.15) is 16.7 Å². The summed E-state index contributed by atoms with van der Waals surface area (Å²) < 4.78 is 5.11. The number of nitrogens with zero attached hydrogens (tertiary/aromatic N) is 3. The number of hydrogen-bond donors (Lipinski definition) is 1. The topological polar surface area (TPSA) is 72.0 Å². The van der Waals surface area contributed by atoms with Gasteiger partial charge in [0.2, 0.25) is 0 Å². The molecule has 0 bridgehead atoms. The highest BCUT2D eigenvalue weighted by Gasteiger charge is 2.10. The smallest absolute Gasteiger partial charge is 0.259 e. The van der Waals surface area contributed by atoms with E-state index in [1.54, 1.807) is 24.0 Å². The van der Waals surface area contributed by atoms with E-state index < -0.39 is 0 Å². The fourth-order valence-electron chi connectivity index (χ4n) is 1.22. The first-order valence-electron chi connectivity index (χ1n) is 5.23. The zero-order valence-electron chi connectivity index (χ0n) is 9.62. The van der Waals surface area contributed by atoms with Crippen LogP contribution >= 0.6 is 11.8 Å². The van der Waals surface area contributed by atoms with E-state index in [1.165, 1.54) is 6.20 Å². The highest BCUT2D eigenvalue weighted by Crippen LogP contribution is 2.22. The third-order valence-electron chi connectivity index (χ3n) is 1.98. The highest BCUT2D eigenvalue weighted by atomic mass is 32.2. The largest absolute Gasteiger partial charge is 0.506 e. The van der Waals surface area contributed by atoms with Crippen LogP contribution in [0.25, 0.3) is 11.5 Å². The van der Waals surface area contributed by atoms with E-state index >= 15 is 0 Å². The molecule has 0 aliphatic heterocycles. The van der Waals surface area contributed by atoms with E-state index in [-0.39, 0.29) is 5.75 Å². The molecule has 17 heavy (non-hydrogen) atoms. The predicted molar refractivity (Wildman–Crippen MR) is 65.6 cm³/mol. The summed E-state index contributed by atoms with van der Waals surface area (Å²) in [6, 6.07) is 1.54. The van der Waals surface area contributed by atoms with Crippen LogP contribution in [0.1, 0.15) is 19.7 Å². The SMILES string of the molecule is CC(C)SCc1noc(-c2cncc(O)c2)n1. The molecule has 5 nitrogen and oxygen atoms in total. The zero-order valence-corrected chi connectivity index (χ0v) is 10.4. The number of hydrogen-bond acceptors (Lipinski definition) is 6. The monoisotopic (exact) mass is 251 g/mol. The number of pyridine rings is 1. The third kappa shape index (κ3) is 3.20. The molecule has 0 atom stereocenters. The van der Waals surface area contributed by atoms with Gasteiger partial charge < -0.3 is 9.63 Å². The average Bonchev–Trinajstić information content (AvgIpc) is 2.75. The minimum absolute atomic E-state index is 0.0822. The molecule has 0 saturated heterocycles. The van der Waals surface area contributed by atoms with Crippen molar-refractivity contribution < 1.29 is 9.63 Å². The maximum atomic E-state index is 9.30. The molecular formula is C11H13N3O2S. The van der Waals surface area contributed by atoms with Gasteiger partial charge in [0.1, 0.15) is 5.75 Å². The van der Waals surface area contributed by atoms with Crippen LogP contribution < -0.4 is 0 Å². The van der Waals surface area contributed by atoms with Gasteiger partial charge in [-0.25, -0.2) is 0 Å². The van der Waals surface area contributed by atoms with Crippen molar-refractivity contribution in [3.8, 4) is 17.2 Å². The van der Waals surface area contributed by atoms with Crippen molar-refractivity contribution in [3.05, 3.63) is 24.3 Å². The molecule has 2 aromatic heterocycles. The quantitative estimate of drug-likeness (QED) is 0.900. The van der Waals surface area contributed by atoms with Crippen LogP contribution in [0.3, 0.4) is 0 Å². The van der Waals surface area contributed by atoms with E-state index in [1.807, 2.05) is 0 Å². The van der Waals surface area contributed by atoms with E-state index in [2.05, 4.69) is 29.0 Å². The van der Waals surface area contributed by atoms with E-state index in [9.17, 15) is 5.11 Å². The van der Waals surface area contributed by atoms with Gasteiger partial charge >= 0.3 is 0 Å². The molecule has 2 heterocycles. The van der Waals surface area contributed by atoms with Gasteiger partial charge in [0.05, 0.1) is 17.5 Å². The van der Waals surface area contributed by atoms with Crippen LogP contribution in [0.15, 0.2) is 23.0 Å². The molecule has 0 unspecified atom stereocenters. The average molecular weight is 251 g/mol. The van der Waals surface area contributed by atoms with Crippen molar-refractivity contribution >= 4 is 11.8 Å². The Morgan fingerprint density at radius 2 is 2.24 bits per heavy atom. The van der Waals surface area contributed by atoms with Crippen molar-refractivity contribution in [2.24, 2.45) is 0 Å². The minimum Gasteiger partial charge on any atom is -0.506 e. The van der Waals surface area contributed by atoms with Crippen LogP contribution in [0.5, 0.6) is 5.75 Å². The van der Waals surface area contributed by atoms with Gasteiger partial charge in [-0.05, 0) is 11.3 Å². The molecule has 1 N–H and O–H groups in total. The van der Waals surface area contributed by atoms with E-state index in [0.29, 0.717) is 28.3 Å². The normalized spacial score (nSPS) is 11.0. The second-order valence-corrected chi connectivity index (χ2v) is 5.37. The summed E-state index contributed by atoms with van der Waals surface area (Å²) in [7, 11) is 0. The Balaban J connectivity index is 2.12. The molecule has 2 aromatic rings. The predicted octanol–water partition coefficient (Wildman–Crippen LogP) is 2.48. The summed E-state index contributed by atoms with van der Waals surface area (Å²) in [5, 5.41) is 13.7. The molecule has 0 amide bonds. The first-order chi connectivity index (χ1) is 8.15. The Morgan fingerprint density at radius 1 is 1.41 bits per heavy atom. The summed E-state index contributed by atoms with van der Waals surface area (Å²) in [5.41, 5.74) is 0.623. The lowest BCUT2D eigenvalue weighted by Gasteiger charge is -1.99. The van der Waals surface area contributed by atoms with Gasteiger partial charge in [-0.15, -0.1) is 0 Å². The van der Waals surface area contributed by atoms with Crippen molar-refractivity contribution in [2.45, 2.75) is 24.9 Å². The molecular weight excluding hydrogens is 238 g/mol. The first-order valence-corrected chi connectivity index (χ1v) is 6.28. The molecule has 0 fully saturated rings. The van der Waals surface area contributed by atoms with Gasteiger partial charge in [0.25, 0.3) is 5.89 Å².